The number of Topliss-reactive ketones (excluding diaryl/α,β-unsaturated/α-hetero) is 1. The van der Waals surface area contributed by atoms with Crippen LogP contribution in [0.2, 0.25) is 5.02 Å². The van der Waals surface area contributed by atoms with Gasteiger partial charge in [0.05, 0.1) is 5.92 Å². The topological polar surface area (TPSA) is 17.1 Å². The molecule has 0 aromatic heterocycles. The second-order valence-corrected chi connectivity index (χ2v) is 5.84. The molecule has 0 amide bonds. The maximum atomic E-state index is 12.8. The van der Waals surface area contributed by atoms with E-state index in [9.17, 15) is 18.0 Å². The maximum Gasteiger partial charge on any atom is 0.391 e. The zero-order chi connectivity index (χ0) is 14.9. The summed E-state index contributed by atoms with van der Waals surface area (Å²) in [5.74, 6) is -2.12. The van der Waals surface area contributed by atoms with Crippen LogP contribution in [0.4, 0.5) is 13.2 Å². The SMILES string of the molecule is Cc1ccc(C(=O)C2CCCC(C(F)(F)F)C2)cc1Cl. The summed E-state index contributed by atoms with van der Waals surface area (Å²) in [7, 11) is 0. The normalized spacial score (nSPS) is 23.6. The van der Waals surface area contributed by atoms with Crippen molar-refractivity contribution in [3.8, 4) is 0 Å². The number of hydrogen-bond acceptors (Lipinski definition) is 1. The van der Waals surface area contributed by atoms with E-state index in [1.807, 2.05) is 6.92 Å². The van der Waals surface area contributed by atoms with E-state index < -0.39 is 18.0 Å². The van der Waals surface area contributed by atoms with Gasteiger partial charge in [0.2, 0.25) is 0 Å². The van der Waals surface area contributed by atoms with Gasteiger partial charge in [-0.05, 0) is 37.8 Å². The van der Waals surface area contributed by atoms with Crippen LogP contribution in [0.15, 0.2) is 18.2 Å². The highest BCUT2D eigenvalue weighted by Crippen LogP contribution is 2.41. The largest absolute Gasteiger partial charge is 0.391 e. The number of alkyl halides is 3. The Bertz CT molecular complexity index is 510. The molecule has 1 aromatic rings. The van der Waals surface area contributed by atoms with E-state index >= 15 is 0 Å². The van der Waals surface area contributed by atoms with E-state index in [2.05, 4.69) is 0 Å². The monoisotopic (exact) mass is 304 g/mol. The summed E-state index contributed by atoms with van der Waals surface area (Å²) in [4.78, 5) is 12.3. The standard InChI is InChI=1S/C15H16ClF3O/c1-9-5-6-11(8-13(9)16)14(20)10-3-2-4-12(7-10)15(17,18)19/h5-6,8,10,12H,2-4,7H2,1H3. The van der Waals surface area contributed by atoms with Gasteiger partial charge in [0.1, 0.15) is 0 Å². The quantitative estimate of drug-likeness (QED) is 0.686. The van der Waals surface area contributed by atoms with Gasteiger partial charge in [-0.2, -0.15) is 13.2 Å². The first-order valence-corrected chi connectivity index (χ1v) is 7.04. The number of carbonyl (C=O) groups excluding carboxylic acids is 1. The fourth-order valence-corrected chi connectivity index (χ4v) is 2.89. The predicted octanol–water partition coefficient (Wildman–Crippen LogP) is 5.20. The van der Waals surface area contributed by atoms with Crippen molar-refractivity contribution in [2.75, 3.05) is 0 Å². The highest BCUT2D eigenvalue weighted by molar-refractivity contribution is 6.31. The molecule has 110 valence electrons. The molecule has 1 aliphatic rings. The molecule has 0 N–H and O–H groups in total. The van der Waals surface area contributed by atoms with Gasteiger partial charge in [-0.1, -0.05) is 30.2 Å². The third-order valence-corrected chi connectivity index (χ3v) is 4.37. The van der Waals surface area contributed by atoms with Gasteiger partial charge in [-0.15, -0.1) is 0 Å². The fraction of sp³-hybridized carbons (Fsp3) is 0.533. The second kappa shape index (κ2) is 5.76. The van der Waals surface area contributed by atoms with E-state index in [1.54, 1.807) is 18.2 Å². The molecule has 1 fully saturated rings. The fourth-order valence-electron chi connectivity index (χ4n) is 2.71. The highest BCUT2D eigenvalue weighted by Gasteiger charge is 2.43. The Balaban J connectivity index is 2.14. The number of benzene rings is 1. The number of carbonyl (C=O) groups is 1. The molecule has 5 heteroatoms. The minimum Gasteiger partial charge on any atom is -0.294 e. The summed E-state index contributed by atoms with van der Waals surface area (Å²) in [5.41, 5.74) is 1.26. The lowest BCUT2D eigenvalue weighted by Crippen LogP contribution is -2.31. The third-order valence-electron chi connectivity index (χ3n) is 3.96. The van der Waals surface area contributed by atoms with Crippen molar-refractivity contribution in [3.63, 3.8) is 0 Å². The molecule has 2 atom stereocenters. The Kier molecular flexibility index (Phi) is 4.43. The first-order chi connectivity index (χ1) is 9.29. The van der Waals surface area contributed by atoms with Crippen molar-refractivity contribution >= 4 is 17.4 Å². The Morgan fingerprint density at radius 1 is 1.30 bits per heavy atom. The number of rotatable bonds is 2. The van der Waals surface area contributed by atoms with Crippen LogP contribution < -0.4 is 0 Å². The lowest BCUT2D eigenvalue weighted by atomic mass is 9.77. The van der Waals surface area contributed by atoms with Crippen LogP contribution in [-0.4, -0.2) is 12.0 Å². The molecule has 0 bridgehead atoms. The Morgan fingerprint density at radius 2 is 2.00 bits per heavy atom. The molecular formula is C15H16ClF3O. The van der Waals surface area contributed by atoms with Gasteiger partial charge in [0, 0.05) is 16.5 Å². The summed E-state index contributed by atoms with van der Waals surface area (Å²) in [5, 5.41) is 0.471. The zero-order valence-electron chi connectivity index (χ0n) is 11.1. The van der Waals surface area contributed by atoms with Gasteiger partial charge in [-0.3, -0.25) is 4.79 Å². The van der Waals surface area contributed by atoms with Crippen molar-refractivity contribution in [1.29, 1.82) is 0 Å². The Hall–Kier alpha value is -1.03. The van der Waals surface area contributed by atoms with Crippen LogP contribution in [0, 0.1) is 18.8 Å². The number of hydrogen-bond donors (Lipinski definition) is 0. The molecule has 0 spiro atoms. The first kappa shape index (κ1) is 15.4. The van der Waals surface area contributed by atoms with E-state index in [-0.39, 0.29) is 18.6 Å². The van der Waals surface area contributed by atoms with Crippen LogP contribution in [0.5, 0.6) is 0 Å². The Labute approximate surface area is 121 Å². The highest BCUT2D eigenvalue weighted by atomic mass is 35.5. The van der Waals surface area contributed by atoms with E-state index in [0.717, 1.165) is 5.56 Å². The average molecular weight is 305 g/mol. The van der Waals surface area contributed by atoms with Crippen molar-refractivity contribution in [3.05, 3.63) is 34.3 Å². The number of halogens is 4. The van der Waals surface area contributed by atoms with E-state index in [4.69, 9.17) is 11.6 Å². The van der Waals surface area contributed by atoms with E-state index in [1.165, 1.54) is 0 Å². The van der Waals surface area contributed by atoms with Crippen LogP contribution in [0.3, 0.4) is 0 Å². The zero-order valence-corrected chi connectivity index (χ0v) is 11.9. The summed E-state index contributed by atoms with van der Waals surface area (Å²) in [6.45, 7) is 1.82. The van der Waals surface area contributed by atoms with Gasteiger partial charge < -0.3 is 0 Å². The summed E-state index contributed by atoms with van der Waals surface area (Å²) < 4.78 is 38.3. The molecule has 0 heterocycles. The van der Waals surface area contributed by atoms with Gasteiger partial charge in [-0.25, -0.2) is 0 Å². The molecule has 0 aliphatic heterocycles. The van der Waals surface area contributed by atoms with Crippen molar-refractivity contribution in [1.82, 2.24) is 0 Å². The molecule has 1 aromatic carbocycles. The smallest absolute Gasteiger partial charge is 0.294 e. The second-order valence-electron chi connectivity index (χ2n) is 5.43. The van der Waals surface area contributed by atoms with Crippen LogP contribution in [-0.2, 0) is 0 Å². The molecule has 2 rings (SSSR count). The predicted molar refractivity (Wildman–Crippen MR) is 72.0 cm³/mol. The maximum absolute atomic E-state index is 12.8. The molecule has 0 radical (unpaired) electrons. The molecule has 0 saturated heterocycles. The molecule has 1 aliphatic carbocycles. The molecule has 1 nitrogen and oxygen atoms in total. The van der Waals surface area contributed by atoms with Crippen molar-refractivity contribution in [2.24, 2.45) is 11.8 Å². The van der Waals surface area contributed by atoms with E-state index in [0.29, 0.717) is 23.4 Å². The minimum atomic E-state index is -4.20. The number of aryl methyl sites for hydroxylation is 1. The lowest BCUT2D eigenvalue weighted by molar-refractivity contribution is -0.184. The van der Waals surface area contributed by atoms with Crippen LogP contribution in [0.25, 0.3) is 0 Å². The summed E-state index contributed by atoms with van der Waals surface area (Å²) in [6.07, 6.45) is -3.21. The molecule has 1 saturated carbocycles. The van der Waals surface area contributed by atoms with Crippen LogP contribution >= 0.6 is 11.6 Å². The molecular weight excluding hydrogens is 289 g/mol. The lowest BCUT2D eigenvalue weighted by Gasteiger charge is -2.29. The Morgan fingerprint density at radius 3 is 2.60 bits per heavy atom. The molecule has 20 heavy (non-hydrogen) atoms. The van der Waals surface area contributed by atoms with Crippen LogP contribution in [0.1, 0.15) is 41.6 Å². The van der Waals surface area contributed by atoms with Gasteiger partial charge in [0.15, 0.2) is 5.78 Å². The average Bonchev–Trinajstić information content (AvgIpc) is 2.40. The van der Waals surface area contributed by atoms with Gasteiger partial charge in [0.25, 0.3) is 0 Å². The first-order valence-electron chi connectivity index (χ1n) is 6.66. The summed E-state index contributed by atoms with van der Waals surface area (Å²) >= 11 is 5.97. The summed E-state index contributed by atoms with van der Waals surface area (Å²) in [6, 6.07) is 4.91. The molecule has 2 unspecified atom stereocenters. The number of ketones is 1. The van der Waals surface area contributed by atoms with Crippen molar-refractivity contribution in [2.45, 2.75) is 38.8 Å². The third kappa shape index (κ3) is 3.35. The van der Waals surface area contributed by atoms with Crippen molar-refractivity contribution < 1.29 is 18.0 Å². The van der Waals surface area contributed by atoms with Gasteiger partial charge >= 0.3 is 6.18 Å². The minimum absolute atomic E-state index is 0.103.